The monoisotopic (exact) mass is 181 g/mol. The number of aryl methyl sites for hydroxylation is 1. The van der Waals surface area contributed by atoms with Gasteiger partial charge in [0.15, 0.2) is 0 Å². The maximum atomic E-state index is 9.66. The Balaban J connectivity index is 2.29. The first-order valence-electron chi connectivity index (χ1n) is 4.59. The van der Waals surface area contributed by atoms with E-state index in [0.29, 0.717) is 6.54 Å². The summed E-state index contributed by atoms with van der Waals surface area (Å²) < 4.78 is 2.06. The zero-order valence-electron chi connectivity index (χ0n) is 7.99. The van der Waals surface area contributed by atoms with Gasteiger partial charge in [0, 0.05) is 18.8 Å². The van der Waals surface area contributed by atoms with Gasteiger partial charge in [-0.3, -0.25) is 0 Å². The first-order chi connectivity index (χ1) is 6.20. The number of imidazole rings is 1. The maximum Gasteiger partial charge on any atom is 0.0955 e. The lowest BCUT2D eigenvalue weighted by Crippen LogP contribution is -2.22. The van der Waals surface area contributed by atoms with Crippen molar-refractivity contribution < 1.29 is 5.11 Å². The summed E-state index contributed by atoms with van der Waals surface area (Å²) in [5.41, 5.74) is 2.19. The van der Waals surface area contributed by atoms with Crippen molar-refractivity contribution in [2.75, 3.05) is 13.1 Å². The number of aliphatic hydroxyl groups is 1. The SMILES string of the molecule is Cc1ncn([C@@H]2CNC[C@H]2O)c1C. The molecular formula is C9H15N3O. The van der Waals surface area contributed by atoms with Crippen molar-refractivity contribution in [1.29, 1.82) is 0 Å². The van der Waals surface area contributed by atoms with Crippen molar-refractivity contribution in [3.05, 3.63) is 17.7 Å². The van der Waals surface area contributed by atoms with Crippen LogP contribution < -0.4 is 5.32 Å². The predicted molar refractivity (Wildman–Crippen MR) is 49.6 cm³/mol. The minimum absolute atomic E-state index is 0.154. The van der Waals surface area contributed by atoms with Gasteiger partial charge in [-0.25, -0.2) is 4.98 Å². The zero-order chi connectivity index (χ0) is 9.42. The smallest absolute Gasteiger partial charge is 0.0955 e. The number of rotatable bonds is 1. The fourth-order valence-corrected chi connectivity index (χ4v) is 1.78. The zero-order valence-corrected chi connectivity index (χ0v) is 7.99. The molecule has 0 saturated carbocycles. The number of aliphatic hydroxyl groups excluding tert-OH is 1. The summed E-state index contributed by atoms with van der Waals surface area (Å²) in [6.07, 6.45) is 1.53. The summed E-state index contributed by atoms with van der Waals surface area (Å²) in [7, 11) is 0. The Morgan fingerprint density at radius 1 is 1.54 bits per heavy atom. The Morgan fingerprint density at radius 2 is 2.31 bits per heavy atom. The molecule has 0 radical (unpaired) electrons. The molecule has 0 spiro atoms. The van der Waals surface area contributed by atoms with E-state index in [9.17, 15) is 5.11 Å². The van der Waals surface area contributed by atoms with Crippen LogP contribution in [0.4, 0.5) is 0 Å². The third kappa shape index (κ3) is 1.36. The van der Waals surface area contributed by atoms with E-state index in [1.54, 1.807) is 0 Å². The van der Waals surface area contributed by atoms with Gasteiger partial charge in [-0.2, -0.15) is 0 Å². The number of nitrogens with zero attached hydrogens (tertiary/aromatic N) is 2. The Morgan fingerprint density at radius 3 is 2.77 bits per heavy atom. The van der Waals surface area contributed by atoms with Gasteiger partial charge in [0.25, 0.3) is 0 Å². The molecule has 0 bridgehead atoms. The molecule has 2 atom stereocenters. The Kier molecular flexibility index (Phi) is 2.09. The van der Waals surface area contributed by atoms with Crippen LogP contribution in [0, 0.1) is 13.8 Å². The molecule has 13 heavy (non-hydrogen) atoms. The van der Waals surface area contributed by atoms with E-state index in [0.717, 1.165) is 17.9 Å². The summed E-state index contributed by atoms with van der Waals surface area (Å²) in [5, 5.41) is 12.8. The highest BCUT2D eigenvalue weighted by Crippen LogP contribution is 2.19. The molecule has 0 unspecified atom stereocenters. The van der Waals surface area contributed by atoms with Gasteiger partial charge < -0.3 is 15.0 Å². The van der Waals surface area contributed by atoms with Gasteiger partial charge in [-0.05, 0) is 13.8 Å². The number of nitrogens with one attached hydrogen (secondary N) is 1. The largest absolute Gasteiger partial charge is 0.390 e. The van der Waals surface area contributed by atoms with E-state index in [1.165, 1.54) is 0 Å². The van der Waals surface area contributed by atoms with Gasteiger partial charge in [-0.15, -0.1) is 0 Å². The van der Waals surface area contributed by atoms with Crippen molar-refractivity contribution in [2.45, 2.75) is 26.0 Å². The van der Waals surface area contributed by atoms with Crippen LogP contribution in [0.3, 0.4) is 0 Å². The van der Waals surface area contributed by atoms with Crippen molar-refractivity contribution in [1.82, 2.24) is 14.9 Å². The summed E-state index contributed by atoms with van der Waals surface area (Å²) in [6.45, 7) is 5.53. The molecule has 1 fully saturated rings. The van der Waals surface area contributed by atoms with Gasteiger partial charge in [0.1, 0.15) is 0 Å². The third-order valence-corrected chi connectivity index (χ3v) is 2.80. The van der Waals surface area contributed by atoms with Crippen LogP contribution in [-0.2, 0) is 0 Å². The Hall–Kier alpha value is -0.870. The third-order valence-electron chi connectivity index (χ3n) is 2.80. The molecule has 0 aliphatic carbocycles. The number of hydrogen-bond donors (Lipinski definition) is 2. The number of β-amino-alcohol motifs (C(OH)–C–C–N with tert-alkyl or cyclic N) is 1. The van der Waals surface area contributed by atoms with Crippen LogP contribution >= 0.6 is 0 Å². The molecule has 2 heterocycles. The van der Waals surface area contributed by atoms with Crippen molar-refractivity contribution >= 4 is 0 Å². The predicted octanol–water partition coefficient (Wildman–Crippen LogP) is 0.00514. The lowest BCUT2D eigenvalue weighted by atomic mass is 10.2. The molecule has 4 nitrogen and oxygen atoms in total. The lowest BCUT2D eigenvalue weighted by Gasteiger charge is -2.16. The molecule has 72 valence electrons. The van der Waals surface area contributed by atoms with Crippen LogP contribution in [-0.4, -0.2) is 33.9 Å². The molecule has 1 aliphatic heterocycles. The quantitative estimate of drug-likeness (QED) is 0.641. The van der Waals surface area contributed by atoms with Crippen LogP contribution in [0.5, 0.6) is 0 Å². The topological polar surface area (TPSA) is 50.1 Å². The van der Waals surface area contributed by atoms with E-state index in [-0.39, 0.29) is 12.1 Å². The minimum atomic E-state index is -0.285. The molecule has 4 heteroatoms. The van der Waals surface area contributed by atoms with Crippen LogP contribution in [0.2, 0.25) is 0 Å². The fourth-order valence-electron chi connectivity index (χ4n) is 1.78. The average Bonchev–Trinajstić information content (AvgIpc) is 2.62. The molecular weight excluding hydrogens is 166 g/mol. The second-order valence-corrected chi connectivity index (χ2v) is 3.62. The van der Waals surface area contributed by atoms with Gasteiger partial charge in [0.2, 0.25) is 0 Å². The summed E-state index contributed by atoms with van der Waals surface area (Å²) >= 11 is 0. The van der Waals surface area contributed by atoms with Gasteiger partial charge >= 0.3 is 0 Å². The van der Waals surface area contributed by atoms with Crippen LogP contribution in [0.1, 0.15) is 17.4 Å². The van der Waals surface area contributed by atoms with Crippen LogP contribution in [0.25, 0.3) is 0 Å². The van der Waals surface area contributed by atoms with E-state index in [1.807, 2.05) is 20.2 Å². The number of aromatic nitrogens is 2. The molecule has 1 saturated heterocycles. The summed E-state index contributed by atoms with van der Waals surface area (Å²) in [4.78, 5) is 4.22. The summed E-state index contributed by atoms with van der Waals surface area (Å²) in [5.74, 6) is 0. The Bertz CT molecular complexity index is 308. The molecule has 1 aliphatic rings. The van der Waals surface area contributed by atoms with Crippen molar-refractivity contribution in [3.8, 4) is 0 Å². The first-order valence-corrected chi connectivity index (χ1v) is 4.59. The first kappa shape index (κ1) is 8.72. The highest BCUT2D eigenvalue weighted by atomic mass is 16.3. The standard InChI is InChI=1S/C9H15N3O/c1-6-7(2)12(5-11-6)8-3-10-4-9(8)13/h5,8-10,13H,3-4H2,1-2H3/t8-,9-/m1/s1. The summed E-state index contributed by atoms with van der Waals surface area (Å²) in [6, 6.07) is 0.154. The second kappa shape index (κ2) is 3.12. The number of hydrogen-bond acceptors (Lipinski definition) is 3. The molecule has 2 rings (SSSR count). The molecule has 1 aromatic rings. The van der Waals surface area contributed by atoms with E-state index >= 15 is 0 Å². The lowest BCUT2D eigenvalue weighted by molar-refractivity contribution is 0.150. The maximum absolute atomic E-state index is 9.66. The normalized spacial score (nSPS) is 28.2. The highest BCUT2D eigenvalue weighted by Gasteiger charge is 2.27. The van der Waals surface area contributed by atoms with Gasteiger partial charge in [-0.1, -0.05) is 0 Å². The second-order valence-electron chi connectivity index (χ2n) is 3.62. The fraction of sp³-hybridized carbons (Fsp3) is 0.667. The van der Waals surface area contributed by atoms with E-state index < -0.39 is 0 Å². The van der Waals surface area contributed by atoms with Crippen molar-refractivity contribution in [2.24, 2.45) is 0 Å². The van der Waals surface area contributed by atoms with E-state index in [2.05, 4.69) is 14.9 Å². The van der Waals surface area contributed by atoms with Crippen molar-refractivity contribution in [3.63, 3.8) is 0 Å². The van der Waals surface area contributed by atoms with E-state index in [4.69, 9.17) is 0 Å². The highest BCUT2D eigenvalue weighted by molar-refractivity contribution is 5.11. The molecule has 1 aromatic heterocycles. The Labute approximate surface area is 77.6 Å². The molecule has 0 amide bonds. The van der Waals surface area contributed by atoms with Gasteiger partial charge in [0.05, 0.1) is 24.2 Å². The van der Waals surface area contributed by atoms with Crippen LogP contribution in [0.15, 0.2) is 6.33 Å². The minimum Gasteiger partial charge on any atom is -0.390 e. The molecule has 0 aromatic carbocycles. The molecule has 2 N–H and O–H groups in total. The average molecular weight is 181 g/mol.